The third-order valence-electron chi connectivity index (χ3n) is 3.79. The van der Waals surface area contributed by atoms with Gasteiger partial charge in [-0.3, -0.25) is 4.79 Å². The van der Waals surface area contributed by atoms with E-state index < -0.39 is 0 Å². The van der Waals surface area contributed by atoms with Gasteiger partial charge in [-0.25, -0.2) is 9.97 Å². The topological polar surface area (TPSA) is 46.1 Å². The smallest absolute Gasteiger partial charge is 0.239 e. The van der Waals surface area contributed by atoms with Gasteiger partial charge in [-0.1, -0.05) is 48.2 Å². The minimum Gasteiger partial charge on any atom is -0.315 e. The predicted molar refractivity (Wildman–Crippen MR) is 99.4 cm³/mol. The standard InChI is InChI=1S/C19H19N3OS/c1-13(19(23)22(3)15-9-5-4-6-10-15)24-18-16-11-7-8-12-17(16)20-14(2)21-18/h4-13H,1-3H3/t13-/m0/s1. The lowest BCUT2D eigenvalue weighted by atomic mass is 10.2. The summed E-state index contributed by atoms with van der Waals surface area (Å²) < 4.78 is 0. The van der Waals surface area contributed by atoms with Crippen LogP contribution in [0, 0.1) is 6.92 Å². The number of aryl methyl sites for hydroxylation is 1. The van der Waals surface area contributed by atoms with Crippen LogP contribution in [0.4, 0.5) is 5.69 Å². The van der Waals surface area contributed by atoms with Crippen molar-refractivity contribution in [3.8, 4) is 0 Å². The molecule has 0 bridgehead atoms. The molecule has 1 aromatic heterocycles. The van der Waals surface area contributed by atoms with Crippen LogP contribution in [0.5, 0.6) is 0 Å². The summed E-state index contributed by atoms with van der Waals surface area (Å²) in [7, 11) is 1.80. The fraction of sp³-hybridized carbons (Fsp3) is 0.211. The van der Waals surface area contributed by atoms with Crippen molar-refractivity contribution < 1.29 is 4.79 Å². The molecule has 1 heterocycles. The molecule has 0 aliphatic rings. The van der Waals surface area contributed by atoms with Gasteiger partial charge in [-0.15, -0.1) is 0 Å². The minimum atomic E-state index is -0.243. The van der Waals surface area contributed by atoms with E-state index in [0.717, 1.165) is 21.6 Å². The van der Waals surface area contributed by atoms with Crippen LogP contribution < -0.4 is 4.90 Å². The predicted octanol–water partition coefficient (Wildman–Crippen LogP) is 4.08. The van der Waals surface area contributed by atoms with Crippen LogP contribution in [0.2, 0.25) is 0 Å². The number of carbonyl (C=O) groups excluding carboxylic acids is 1. The van der Waals surface area contributed by atoms with Crippen molar-refractivity contribution in [3.63, 3.8) is 0 Å². The molecule has 0 radical (unpaired) electrons. The number of amides is 1. The number of benzene rings is 2. The van der Waals surface area contributed by atoms with Crippen LogP contribution in [0.25, 0.3) is 10.9 Å². The van der Waals surface area contributed by atoms with Gasteiger partial charge < -0.3 is 4.90 Å². The molecule has 0 saturated heterocycles. The molecule has 3 rings (SSSR count). The van der Waals surface area contributed by atoms with Crippen molar-refractivity contribution in [2.75, 3.05) is 11.9 Å². The first-order chi connectivity index (χ1) is 11.6. The molecular formula is C19H19N3OS. The number of anilines is 1. The minimum absolute atomic E-state index is 0.0477. The van der Waals surface area contributed by atoms with Crippen molar-refractivity contribution in [1.29, 1.82) is 0 Å². The third kappa shape index (κ3) is 3.41. The average molecular weight is 337 g/mol. The molecule has 0 spiro atoms. The summed E-state index contributed by atoms with van der Waals surface area (Å²) in [5.74, 6) is 0.763. The third-order valence-corrected chi connectivity index (χ3v) is 4.88. The van der Waals surface area contributed by atoms with E-state index in [1.54, 1.807) is 11.9 Å². The van der Waals surface area contributed by atoms with Crippen LogP contribution in [-0.4, -0.2) is 28.2 Å². The van der Waals surface area contributed by atoms with Crippen molar-refractivity contribution in [3.05, 3.63) is 60.4 Å². The number of thioether (sulfide) groups is 1. The van der Waals surface area contributed by atoms with E-state index in [-0.39, 0.29) is 11.2 Å². The summed E-state index contributed by atoms with van der Waals surface area (Å²) in [5, 5.41) is 1.59. The van der Waals surface area contributed by atoms with Crippen LogP contribution in [0.3, 0.4) is 0 Å². The molecule has 0 saturated carbocycles. The molecule has 122 valence electrons. The largest absolute Gasteiger partial charge is 0.315 e. The molecule has 0 aliphatic heterocycles. The Labute approximate surface area is 145 Å². The molecule has 4 nitrogen and oxygen atoms in total. The Kier molecular flexibility index (Phi) is 4.81. The molecule has 0 N–H and O–H groups in total. The summed E-state index contributed by atoms with van der Waals surface area (Å²) in [6, 6.07) is 17.5. The zero-order chi connectivity index (χ0) is 17.1. The van der Waals surface area contributed by atoms with Crippen molar-refractivity contribution in [1.82, 2.24) is 9.97 Å². The number of fused-ring (bicyclic) bond motifs is 1. The molecule has 0 aliphatic carbocycles. The van der Waals surface area contributed by atoms with Gasteiger partial charge in [0.1, 0.15) is 10.9 Å². The summed E-state index contributed by atoms with van der Waals surface area (Å²) in [4.78, 5) is 23.4. The van der Waals surface area contributed by atoms with Crippen LogP contribution in [0.1, 0.15) is 12.7 Å². The van der Waals surface area contributed by atoms with E-state index in [1.165, 1.54) is 11.8 Å². The van der Waals surface area contributed by atoms with E-state index in [9.17, 15) is 4.79 Å². The lowest BCUT2D eigenvalue weighted by Crippen LogP contribution is -2.33. The number of hydrogen-bond acceptors (Lipinski definition) is 4. The maximum absolute atomic E-state index is 12.7. The van der Waals surface area contributed by atoms with Gasteiger partial charge in [-0.05, 0) is 32.0 Å². The number of aromatic nitrogens is 2. The van der Waals surface area contributed by atoms with E-state index >= 15 is 0 Å². The molecular weight excluding hydrogens is 318 g/mol. The Morgan fingerprint density at radius 1 is 1.04 bits per heavy atom. The van der Waals surface area contributed by atoms with Gasteiger partial charge in [0, 0.05) is 18.1 Å². The SMILES string of the molecule is Cc1nc(S[C@@H](C)C(=O)N(C)c2ccccc2)c2ccccc2n1. The quantitative estimate of drug-likeness (QED) is 0.531. The van der Waals surface area contributed by atoms with Crippen LogP contribution >= 0.6 is 11.8 Å². The van der Waals surface area contributed by atoms with Gasteiger partial charge >= 0.3 is 0 Å². The Morgan fingerprint density at radius 2 is 1.71 bits per heavy atom. The highest BCUT2D eigenvalue weighted by molar-refractivity contribution is 8.00. The number of para-hydroxylation sites is 2. The Balaban J connectivity index is 1.84. The van der Waals surface area contributed by atoms with E-state index in [0.29, 0.717) is 5.82 Å². The lowest BCUT2D eigenvalue weighted by molar-refractivity contribution is -0.117. The van der Waals surface area contributed by atoms with Gasteiger partial charge in [0.2, 0.25) is 5.91 Å². The number of nitrogens with zero attached hydrogens (tertiary/aromatic N) is 3. The molecule has 0 unspecified atom stereocenters. The number of rotatable bonds is 4. The maximum atomic E-state index is 12.7. The van der Waals surface area contributed by atoms with Crippen molar-refractivity contribution >= 4 is 34.3 Å². The van der Waals surface area contributed by atoms with Crippen molar-refractivity contribution in [2.24, 2.45) is 0 Å². The maximum Gasteiger partial charge on any atom is 0.239 e. The van der Waals surface area contributed by atoms with Gasteiger partial charge in [0.25, 0.3) is 0 Å². The van der Waals surface area contributed by atoms with E-state index in [4.69, 9.17) is 0 Å². The van der Waals surface area contributed by atoms with Crippen LogP contribution in [-0.2, 0) is 4.79 Å². The normalized spacial score (nSPS) is 12.1. The molecule has 1 amide bonds. The monoisotopic (exact) mass is 337 g/mol. The van der Waals surface area contributed by atoms with Gasteiger partial charge in [0.05, 0.1) is 10.8 Å². The van der Waals surface area contributed by atoms with E-state index in [2.05, 4.69) is 9.97 Å². The second-order valence-corrected chi connectivity index (χ2v) is 6.92. The Hall–Kier alpha value is -2.40. The lowest BCUT2D eigenvalue weighted by Gasteiger charge is -2.21. The summed E-state index contributed by atoms with van der Waals surface area (Å²) in [6.07, 6.45) is 0. The molecule has 24 heavy (non-hydrogen) atoms. The number of hydrogen-bond donors (Lipinski definition) is 0. The average Bonchev–Trinajstić information content (AvgIpc) is 2.61. The molecule has 1 atom stereocenters. The molecule has 2 aromatic carbocycles. The molecule has 5 heteroatoms. The zero-order valence-corrected chi connectivity index (χ0v) is 14.7. The van der Waals surface area contributed by atoms with Gasteiger partial charge in [0.15, 0.2) is 0 Å². The fourth-order valence-electron chi connectivity index (χ4n) is 2.52. The Morgan fingerprint density at radius 3 is 2.46 bits per heavy atom. The highest BCUT2D eigenvalue weighted by Crippen LogP contribution is 2.29. The first-order valence-corrected chi connectivity index (χ1v) is 8.67. The molecule has 3 aromatic rings. The summed E-state index contributed by atoms with van der Waals surface area (Å²) in [6.45, 7) is 3.79. The highest BCUT2D eigenvalue weighted by Gasteiger charge is 2.21. The first-order valence-electron chi connectivity index (χ1n) is 7.79. The van der Waals surface area contributed by atoms with Crippen molar-refractivity contribution in [2.45, 2.75) is 24.1 Å². The Bertz CT molecular complexity index is 867. The summed E-state index contributed by atoms with van der Waals surface area (Å²) in [5.41, 5.74) is 1.79. The highest BCUT2D eigenvalue weighted by atomic mass is 32.2. The summed E-state index contributed by atoms with van der Waals surface area (Å²) >= 11 is 1.48. The van der Waals surface area contributed by atoms with Crippen LogP contribution in [0.15, 0.2) is 59.6 Å². The van der Waals surface area contributed by atoms with Gasteiger partial charge in [-0.2, -0.15) is 0 Å². The zero-order valence-electron chi connectivity index (χ0n) is 13.9. The second-order valence-electron chi connectivity index (χ2n) is 5.59. The molecule has 0 fully saturated rings. The number of carbonyl (C=O) groups is 1. The van der Waals surface area contributed by atoms with E-state index in [1.807, 2.05) is 68.4 Å². The fourth-order valence-corrected chi connectivity index (χ4v) is 3.60. The first kappa shape index (κ1) is 16.5. The second kappa shape index (κ2) is 7.01.